The maximum Gasteiger partial charge on any atom is 0.198 e. The fraction of sp³-hybridized carbons (Fsp3) is 0.429. The first kappa shape index (κ1) is 20.8. The van der Waals surface area contributed by atoms with Crippen LogP contribution in [0.5, 0.6) is 0 Å². The summed E-state index contributed by atoms with van der Waals surface area (Å²) in [4.78, 5) is 21.5. The molecule has 1 unspecified atom stereocenters. The van der Waals surface area contributed by atoms with Gasteiger partial charge >= 0.3 is 0 Å². The number of aliphatic hydroxyl groups is 1. The number of anilines is 2. The van der Waals surface area contributed by atoms with Gasteiger partial charge in [-0.25, -0.2) is 9.37 Å². The molecular formula is C21H26FN5O2S. The largest absolute Gasteiger partial charge is 0.392 e. The van der Waals surface area contributed by atoms with Crippen LogP contribution in [0.3, 0.4) is 0 Å². The number of piperazine rings is 1. The lowest BCUT2D eigenvalue weighted by atomic mass is 10.1. The van der Waals surface area contributed by atoms with Gasteiger partial charge in [0.15, 0.2) is 10.6 Å². The molecule has 1 fully saturated rings. The van der Waals surface area contributed by atoms with Gasteiger partial charge in [0.2, 0.25) is 0 Å². The Labute approximate surface area is 178 Å². The number of fused-ring (bicyclic) bond motifs is 1. The van der Waals surface area contributed by atoms with E-state index in [1.165, 1.54) is 17.4 Å². The van der Waals surface area contributed by atoms with Crippen LogP contribution >= 0.6 is 11.3 Å². The molecule has 1 aliphatic heterocycles. The highest BCUT2D eigenvalue weighted by atomic mass is 32.1. The zero-order chi connectivity index (χ0) is 21.4. The van der Waals surface area contributed by atoms with E-state index < -0.39 is 5.82 Å². The van der Waals surface area contributed by atoms with Crippen molar-refractivity contribution in [3.8, 4) is 11.3 Å². The number of nitrogens with two attached hydrogens (primary N) is 1. The molecule has 4 rings (SSSR count). The lowest BCUT2D eigenvalue weighted by molar-refractivity contribution is 0.122. The summed E-state index contributed by atoms with van der Waals surface area (Å²) in [7, 11) is 0. The molecule has 0 bridgehead atoms. The number of pyridine rings is 1. The number of aliphatic hydroxyl groups excluding tert-OH is 1. The van der Waals surface area contributed by atoms with Crippen molar-refractivity contribution in [3.63, 3.8) is 0 Å². The van der Waals surface area contributed by atoms with E-state index in [4.69, 9.17) is 5.73 Å². The molecule has 0 aliphatic carbocycles. The first-order chi connectivity index (χ1) is 14.4. The van der Waals surface area contributed by atoms with Crippen molar-refractivity contribution in [1.82, 2.24) is 14.5 Å². The smallest absolute Gasteiger partial charge is 0.198 e. The summed E-state index contributed by atoms with van der Waals surface area (Å²) in [5.74, 6) is -0.402. The Hall–Kier alpha value is -2.49. The van der Waals surface area contributed by atoms with E-state index in [0.29, 0.717) is 59.2 Å². The van der Waals surface area contributed by atoms with Gasteiger partial charge in [-0.15, -0.1) is 11.3 Å². The van der Waals surface area contributed by atoms with Crippen LogP contribution in [-0.4, -0.2) is 58.4 Å². The highest BCUT2D eigenvalue weighted by Crippen LogP contribution is 2.28. The van der Waals surface area contributed by atoms with Crippen LogP contribution in [0, 0.1) is 5.82 Å². The Balaban J connectivity index is 1.73. The second kappa shape index (κ2) is 8.33. The van der Waals surface area contributed by atoms with Crippen LogP contribution in [0.1, 0.15) is 13.8 Å². The summed E-state index contributed by atoms with van der Waals surface area (Å²) in [5, 5.41) is 12.1. The minimum absolute atomic E-state index is 0.243. The van der Waals surface area contributed by atoms with E-state index in [9.17, 15) is 9.90 Å². The number of aryl methyl sites for hydroxylation is 1. The van der Waals surface area contributed by atoms with Crippen molar-refractivity contribution in [2.75, 3.05) is 43.4 Å². The third-order valence-corrected chi connectivity index (χ3v) is 6.20. The summed E-state index contributed by atoms with van der Waals surface area (Å²) in [6, 6.07) is 3.12. The van der Waals surface area contributed by atoms with Crippen LogP contribution in [0.25, 0.3) is 22.2 Å². The minimum atomic E-state index is -0.402. The first-order valence-corrected chi connectivity index (χ1v) is 11.0. The van der Waals surface area contributed by atoms with Crippen molar-refractivity contribution in [2.24, 2.45) is 0 Å². The SMILES string of the molecule is CCn1cc(-c2csc(N)n2)c(=O)c2cc(F)c(N3CCN(CC(C)O)CC3)cc21. The van der Waals surface area contributed by atoms with Gasteiger partial charge in [-0.3, -0.25) is 9.69 Å². The molecule has 30 heavy (non-hydrogen) atoms. The molecule has 3 aromatic rings. The van der Waals surface area contributed by atoms with Crippen LogP contribution < -0.4 is 16.1 Å². The summed E-state index contributed by atoms with van der Waals surface area (Å²) >= 11 is 1.27. The maximum atomic E-state index is 15.1. The number of rotatable bonds is 5. The third-order valence-electron chi connectivity index (χ3n) is 5.52. The van der Waals surface area contributed by atoms with E-state index in [1.807, 2.05) is 16.4 Å². The summed E-state index contributed by atoms with van der Waals surface area (Å²) in [6.45, 7) is 7.86. The van der Waals surface area contributed by atoms with Crippen molar-refractivity contribution in [1.29, 1.82) is 0 Å². The van der Waals surface area contributed by atoms with Crippen LogP contribution in [0.15, 0.2) is 28.5 Å². The van der Waals surface area contributed by atoms with E-state index in [0.717, 1.165) is 13.1 Å². The monoisotopic (exact) mass is 431 g/mol. The van der Waals surface area contributed by atoms with Gasteiger partial charge in [-0.1, -0.05) is 0 Å². The predicted molar refractivity (Wildman–Crippen MR) is 120 cm³/mol. The Morgan fingerprint density at radius 3 is 2.63 bits per heavy atom. The standard InChI is InChI=1S/C21H26FN5O2S/c1-3-26-11-15(17-12-30-21(23)24-17)20(29)14-8-16(22)19(9-18(14)26)27-6-4-25(5-7-27)10-13(2)28/h8-9,11-13,28H,3-7,10H2,1-2H3,(H2,23,24). The quantitative estimate of drug-likeness (QED) is 0.645. The summed E-state index contributed by atoms with van der Waals surface area (Å²) in [5.41, 5.74) is 7.64. The maximum absolute atomic E-state index is 15.1. The number of hydrogen-bond donors (Lipinski definition) is 2. The average molecular weight is 432 g/mol. The molecular weight excluding hydrogens is 405 g/mol. The molecule has 1 saturated heterocycles. The normalized spacial score (nSPS) is 16.3. The van der Waals surface area contributed by atoms with Crippen LogP contribution in [0.2, 0.25) is 0 Å². The van der Waals surface area contributed by atoms with Gasteiger partial charge in [0.1, 0.15) is 5.82 Å². The molecule has 7 nitrogen and oxygen atoms in total. The summed E-state index contributed by atoms with van der Waals surface area (Å²) < 4.78 is 17.0. The predicted octanol–water partition coefficient (Wildman–Crippen LogP) is 2.37. The molecule has 0 amide bonds. The van der Waals surface area contributed by atoms with Gasteiger partial charge in [-0.05, 0) is 26.0 Å². The number of thiazole rings is 1. The second-order valence-electron chi connectivity index (χ2n) is 7.69. The number of nitrogens with zero attached hydrogens (tertiary/aromatic N) is 4. The highest BCUT2D eigenvalue weighted by Gasteiger charge is 2.22. The molecule has 3 heterocycles. The van der Waals surface area contributed by atoms with Crippen molar-refractivity contribution >= 4 is 33.1 Å². The molecule has 1 aliphatic rings. The molecule has 160 valence electrons. The Morgan fingerprint density at radius 2 is 2.03 bits per heavy atom. The summed E-state index contributed by atoms with van der Waals surface area (Å²) in [6.07, 6.45) is 1.40. The van der Waals surface area contributed by atoms with E-state index in [2.05, 4.69) is 9.88 Å². The lowest BCUT2D eigenvalue weighted by Gasteiger charge is -2.36. The minimum Gasteiger partial charge on any atom is -0.392 e. The van der Waals surface area contributed by atoms with E-state index in [1.54, 1.807) is 24.6 Å². The Morgan fingerprint density at radius 1 is 1.30 bits per heavy atom. The molecule has 3 N–H and O–H groups in total. The molecule has 0 saturated carbocycles. The molecule has 1 atom stereocenters. The Bertz CT molecular complexity index is 1120. The van der Waals surface area contributed by atoms with Crippen molar-refractivity contribution < 1.29 is 9.50 Å². The molecule has 1 aromatic carbocycles. The number of halogens is 1. The van der Waals surface area contributed by atoms with E-state index in [-0.39, 0.29) is 11.5 Å². The third kappa shape index (κ3) is 3.92. The van der Waals surface area contributed by atoms with Gasteiger partial charge < -0.3 is 20.3 Å². The molecule has 9 heteroatoms. The van der Waals surface area contributed by atoms with E-state index >= 15 is 4.39 Å². The zero-order valence-corrected chi connectivity index (χ0v) is 18.0. The molecule has 2 aromatic heterocycles. The van der Waals surface area contributed by atoms with Gasteiger partial charge in [0, 0.05) is 56.2 Å². The first-order valence-electron chi connectivity index (χ1n) is 10.1. The van der Waals surface area contributed by atoms with Gasteiger partial charge in [0.05, 0.1) is 28.6 Å². The molecule has 0 spiro atoms. The Kier molecular flexibility index (Phi) is 5.77. The van der Waals surface area contributed by atoms with Crippen LogP contribution in [0.4, 0.5) is 15.2 Å². The number of aromatic nitrogens is 2. The van der Waals surface area contributed by atoms with Gasteiger partial charge in [-0.2, -0.15) is 0 Å². The number of β-amino-alcohol motifs (C(OH)–C–C–N with tert-alkyl or cyclic N) is 1. The average Bonchev–Trinajstić information content (AvgIpc) is 3.14. The van der Waals surface area contributed by atoms with Crippen molar-refractivity contribution in [3.05, 3.63) is 39.8 Å². The van der Waals surface area contributed by atoms with Crippen molar-refractivity contribution in [2.45, 2.75) is 26.5 Å². The van der Waals surface area contributed by atoms with Crippen LogP contribution in [-0.2, 0) is 6.54 Å². The number of nitrogen functional groups attached to an aromatic ring is 1. The fourth-order valence-corrected chi connectivity index (χ4v) is 4.61. The molecule has 0 radical (unpaired) electrons. The fourth-order valence-electron chi connectivity index (χ4n) is 4.04. The number of benzene rings is 1. The van der Waals surface area contributed by atoms with Gasteiger partial charge in [0.25, 0.3) is 0 Å². The topological polar surface area (TPSA) is 87.6 Å². The number of hydrogen-bond acceptors (Lipinski definition) is 7. The second-order valence-corrected chi connectivity index (χ2v) is 8.58. The zero-order valence-electron chi connectivity index (χ0n) is 17.1. The lowest BCUT2D eigenvalue weighted by Crippen LogP contribution is -2.48. The highest BCUT2D eigenvalue weighted by molar-refractivity contribution is 7.13.